The van der Waals surface area contributed by atoms with Crippen molar-refractivity contribution in [1.82, 2.24) is 10.2 Å². The average molecular weight is 335 g/mol. The number of nitrogens with one attached hydrogen (secondary N) is 2. The summed E-state index contributed by atoms with van der Waals surface area (Å²) in [7, 11) is 0. The smallest absolute Gasteiger partial charge is 0.285 e. The van der Waals surface area contributed by atoms with Crippen LogP contribution in [0.4, 0.5) is 5.69 Å². The third-order valence-corrected chi connectivity index (χ3v) is 4.17. The molecular formula is C10H9BrClN3OS. The molecule has 0 aliphatic rings. The second kappa shape index (κ2) is 5.66. The molecule has 0 saturated heterocycles. The zero-order valence-corrected chi connectivity index (χ0v) is 11.8. The van der Waals surface area contributed by atoms with Crippen molar-refractivity contribution in [2.75, 3.05) is 11.9 Å². The van der Waals surface area contributed by atoms with Gasteiger partial charge in [0, 0.05) is 11.4 Å². The maximum absolute atomic E-state index is 11.2. The zero-order chi connectivity index (χ0) is 12.3. The first-order valence-electron chi connectivity index (χ1n) is 4.88. The van der Waals surface area contributed by atoms with Gasteiger partial charge in [-0.15, -0.1) is 11.3 Å². The first-order chi connectivity index (χ1) is 8.16. The first kappa shape index (κ1) is 12.6. The van der Waals surface area contributed by atoms with Crippen LogP contribution in [0.1, 0.15) is 4.88 Å². The lowest BCUT2D eigenvalue weighted by Crippen LogP contribution is -2.13. The van der Waals surface area contributed by atoms with Gasteiger partial charge >= 0.3 is 0 Å². The highest BCUT2D eigenvalue weighted by Crippen LogP contribution is 2.22. The third kappa shape index (κ3) is 3.31. The Hall–Kier alpha value is -0.850. The molecule has 90 valence electrons. The molecule has 7 heteroatoms. The molecule has 0 aromatic carbocycles. The van der Waals surface area contributed by atoms with E-state index in [0.29, 0.717) is 12.2 Å². The van der Waals surface area contributed by atoms with Gasteiger partial charge in [-0.3, -0.25) is 4.79 Å². The Labute approximate surface area is 115 Å². The van der Waals surface area contributed by atoms with E-state index < -0.39 is 0 Å². The molecule has 0 bridgehead atoms. The minimum Gasteiger partial charge on any atom is -0.382 e. The second-order valence-electron chi connectivity index (χ2n) is 3.31. The average Bonchev–Trinajstić information content (AvgIpc) is 2.70. The molecule has 0 radical (unpaired) electrons. The van der Waals surface area contributed by atoms with Crippen molar-refractivity contribution in [1.29, 1.82) is 0 Å². The fraction of sp³-hybridized carbons (Fsp3) is 0.200. The normalized spacial score (nSPS) is 10.5. The predicted molar refractivity (Wildman–Crippen MR) is 74.1 cm³/mol. The summed E-state index contributed by atoms with van der Waals surface area (Å²) in [4.78, 5) is 12.4. The van der Waals surface area contributed by atoms with E-state index in [1.54, 1.807) is 11.3 Å². The van der Waals surface area contributed by atoms with Gasteiger partial charge in [-0.2, -0.15) is 5.10 Å². The van der Waals surface area contributed by atoms with Crippen LogP contribution in [0.15, 0.2) is 26.9 Å². The summed E-state index contributed by atoms with van der Waals surface area (Å²) in [5, 5.41) is 9.19. The van der Waals surface area contributed by atoms with Gasteiger partial charge in [-0.05, 0) is 34.5 Å². The lowest BCUT2D eigenvalue weighted by atomic mass is 10.3. The fourth-order valence-corrected chi connectivity index (χ4v) is 2.95. The summed E-state index contributed by atoms with van der Waals surface area (Å²) in [6.07, 6.45) is 2.38. The molecule has 0 spiro atoms. The van der Waals surface area contributed by atoms with Crippen LogP contribution in [0.3, 0.4) is 0 Å². The van der Waals surface area contributed by atoms with Crippen molar-refractivity contribution in [3.8, 4) is 0 Å². The Morgan fingerprint density at radius 3 is 3.06 bits per heavy atom. The van der Waals surface area contributed by atoms with E-state index in [0.717, 1.165) is 10.2 Å². The van der Waals surface area contributed by atoms with Crippen LogP contribution in [-0.2, 0) is 6.42 Å². The SMILES string of the molecule is O=c1[nH]ncc(NCCc2ccc(Br)s2)c1Cl. The van der Waals surface area contributed by atoms with E-state index in [-0.39, 0.29) is 10.6 Å². The predicted octanol–water partition coefficient (Wildman–Crippen LogP) is 2.90. The van der Waals surface area contributed by atoms with Gasteiger partial charge in [-0.25, -0.2) is 5.10 Å². The molecule has 2 aromatic rings. The van der Waals surface area contributed by atoms with Crippen LogP contribution in [-0.4, -0.2) is 16.7 Å². The van der Waals surface area contributed by atoms with E-state index in [9.17, 15) is 4.79 Å². The van der Waals surface area contributed by atoms with Gasteiger partial charge in [0.1, 0.15) is 5.02 Å². The van der Waals surface area contributed by atoms with Gasteiger partial charge in [-0.1, -0.05) is 11.6 Å². The van der Waals surface area contributed by atoms with Gasteiger partial charge in [0.25, 0.3) is 5.56 Å². The van der Waals surface area contributed by atoms with E-state index >= 15 is 0 Å². The highest BCUT2D eigenvalue weighted by atomic mass is 79.9. The van der Waals surface area contributed by atoms with Crippen molar-refractivity contribution >= 4 is 44.6 Å². The maximum Gasteiger partial charge on any atom is 0.285 e. The molecule has 2 rings (SSSR count). The van der Waals surface area contributed by atoms with E-state index in [2.05, 4.69) is 37.5 Å². The Morgan fingerprint density at radius 1 is 1.53 bits per heavy atom. The van der Waals surface area contributed by atoms with Crippen molar-refractivity contribution in [2.24, 2.45) is 0 Å². The molecule has 2 heterocycles. The van der Waals surface area contributed by atoms with Crippen LogP contribution >= 0.6 is 38.9 Å². The number of hydrogen-bond acceptors (Lipinski definition) is 4. The molecule has 0 aliphatic carbocycles. The largest absolute Gasteiger partial charge is 0.382 e. The van der Waals surface area contributed by atoms with Crippen LogP contribution in [0.2, 0.25) is 5.02 Å². The number of hydrogen-bond donors (Lipinski definition) is 2. The quantitative estimate of drug-likeness (QED) is 0.904. The summed E-state index contributed by atoms with van der Waals surface area (Å²) in [5.74, 6) is 0. The zero-order valence-electron chi connectivity index (χ0n) is 8.67. The minimum absolute atomic E-state index is 0.146. The molecule has 17 heavy (non-hydrogen) atoms. The first-order valence-corrected chi connectivity index (χ1v) is 6.87. The molecule has 4 nitrogen and oxygen atoms in total. The second-order valence-corrected chi connectivity index (χ2v) is 6.23. The molecule has 0 atom stereocenters. The number of H-pyrrole nitrogens is 1. The number of halogens is 2. The standard InChI is InChI=1S/C10H9BrClN3OS/c11-8-2-1-6(17-8)3-4-13-7-5-14-15-10(16)9(7)12/h1-2,5H,3-4H2,(H2,13,15,16). The molecule has 0 aliphatic heterocycles. The minimum atomic E-state index is -0.379. The highest BCUT2D eigenvalue weighted by Gasteiger charge is 2.04. The number of aromatic nitrogens is 2. The summed E-state index contributed by atoms with van der Waals surface area (Å²) in [6, 6.07) is 4.08. The molecule has 0 unspecified atom stereocenters. The number of aromatic amines is 1. The van der Waals surface area contributed by atoms with E-state index in [4.69, 9.17) is 11.6 Å². The van der Waals surface area contributed by atoms with Crippen LogP contribution < -0.4 is 10.9 Å². The van der Waals surface area contributed by atoms with E-state index in [1.807, 2.05) is 6.07 Å². The van der Waals surface area contributed by atoms with Gasteiger partial charge < -0.3 is 5.32 Å². The lowest BCUT2D eigenvalue weighted by Gasteiger charge is -2.05. The molecule has 2 aromatic heterocycles. The topological polar surface area (TPSA) is 57.8 Å². The lowest BCUT2D eigenvalue weighted by molar-refractivity contribution is 0.973. The Balaban J connectivity index is 1.94. The number of anilines is 1. The molecule has 0 amide bonds. The van der Waals surface area contributed by atoms with Crippen LogP contribution in [0.25, 0.3) is 0 Å². The summed E-state index contributed by atoms with van der Waals surface area (Å²) < 4.78 is 1.11. The molecular weight excluding hydrogens is 326 g/mol. The van der Waals surface area contributed by atoms with Crippen molar-refractivity contribution in [3.05, 3.63) is 42.4 Å². The Kier molecular flexibility index (Phi) is 4.20. The van der Waals surface area contributed by atoms with Crippen molar-refractivity contribution < 1.29 is 0 Å². The number of thiophene rings is 1. The van der Waals surface area contributed by atoms with Gasteiger partial charge in [0.15, 0.2) is 0 Å². The molecule has 2 N–H and O–H groups in total. The highest BCUT2D eigenvalue weighted by molar-refractivity contribution is 9.11. The number of rotatable bonds is 4. The van der Waals surface area contributed by atoms with Gasteiger partial charge in [0.2, 0.25) is 0 Å². The van der Waals surface area contributed by atoms with Crippen molar-refractivity contribution in [2.45, 2.75) is 6.42 Å². The summed E-state index contributed by atoms with van der Waals surface area (Å²) in [5.41, 5.74) is 0.182. The number of nitrogens with zero attached hydrogens (tertiary/aromatic N) is 1. The summed E-state index contributed by atoms with van der Waals surface area (Å²) >= 11 is 10.9. The third-order valence-electron chi connectivity index (χ3n) is 2.11. The monoisotopic (exact) mass is 333 g/mol. The Morgan fingerprint density at radius 2 is 2.35 bits per heavy atom. The Bertz CT molecular complexity index is 569. The van der Waals surface area contributed by atoms with Gasteiger partial charge in [0.05, 0.1) is 15.7 Å². The maximum atomic E-state index is 11.2. The van der Waals surface area contributed by atoms with Crippen LogP contribution in [0.5, 0.6) is 0 Å². The summed E-state index contributed by atoms with van der Waals surface area (Å²) in [6.45, 7) is 0.706. The van der Waals surface area contributed by atoms with Crippen molar-refractivity contribution in [3.63, 3.8) is 0 Å². The molecule has 0 saturated carbocycles. The van der Waals surface area contributed by atoms with Crippen LogP contribution in [0, 0.1) is 0 Å². The fourth-order valence-electron chi connectivity index (χ4n) is 1.31. The van der Waals surface area contributed by atoms with E-state index in [1.165, 1.54) is 11.1 Å². The molecule has 0 fully saturated rings.